The maximum Gasteiger partial charge on any atom is 0.354 e. The van der Waals surface area contributed by atoms with Gasteiger partial charge in [-0.2, -0.15) is 0 Å². The molecule has 2 aromatic rings. The van der Waals surface area contributed by atoms with E-state index in [2.05, 4.69) is 16.4 Å². The molecule has 0 saturated heterocycles. The van der Waals surface area contributed by atoms with Crippen LogP contribution in [-0.4, -0.2) is 22.0 Å². The number of fused-ring (bicyclic) bond motifs is 1. The van der Waals surface area contributed by atoms with Crippen LogP contribution in [0, 0.1) is 0 Å². The van der Waals surface area contributed by atoms with E-state index in [-0.39, 0.29) is 17.6 Å². The first-order valence-corrected chi connectivity index (χ1v) is 7.59. The quantitative estimate of drug-likeness (QED) is 0.913. The number of pyridine rings is 1. The van der Waals surface area contributed by atoms with Gasteiger partial charge in [0.15, 0.2) is 0 Å². The number of carboxylic acids is 1. The number of nitrogens with one attached hydrogen (secondary N) is 1. The van der Waals surface area contributed by atoms with E-state index in [1.54, 1.807) is 11.3 Å². The molecule has 1 aliphatic rings. The first kappa shape index (κ1) is 13.8. The first-order valence-electron chi connectivity index (χ1n) is 6.71. The van der Waals surface area contributed by atoms with Crippen molar-refractivity contribution in [3.63, 3.8) is 0 Å². The number of amides is 1. The Kier molecular flexibility index (Phi) is 3.70. The number of carbonyl (C=O) groups excluding carboxylic acids is 1. The lowest BCUT2D eigenvalue weighted by molar-refractivity contribution is 0.0690. The first-order chi connectivity index (χ1) is 10.1. The third-order valence-corrected chi connectivity index (χ3v) is 4.60. The van der Waals surface area contributed by atoms with E-state index in [4.69, 9.17) is 5.11 Å². The number of carbonyl (C=O) groups is 2. The van der Waals surface area contributed by atoms with E-state index < -0.39 is 5.97 Å². The number of nitrogens with zero attached hydrogens (tertiary/aromatic N) is 1. The van der Waals surface area contributed by atoms with Crippen LogP contribution in [-0.2, 0) is 6.42 Å². The zero-order chi connectivity index (χ0) is 14.8. The molecule has 0 spiro atoms. The molecule has 2 heterocycles. The van der Waals surface area contributed by atoms with Crippen LogP contribution in [0.25, 0.3) is 0 Å². The van der Waals surface area contributed by atoms with Crippen LogP contribution in [0.15, 0.2) is 29.8 Å². The van der Waals surface area contributed by atoms with E-state index in [9.17, 15) is 9.59 Å². The molecule has 2 N–H and O–H groups in total. The molecule has 21 heavy (non-hydrogen) atoms. The van der Waals surface area contributed by atoms with Crippen molar-refractivity contribution in [1.82, 2.24) is 10.3 Å². The molecule has 0 bridgehead atoms. The van der Waals surface area contributed by atoms with Gasteiger partial charge >= 0.3 is 5.97 Å². The molecule has 1 atom stereocenters. The summed E-state index contributed by atoms with van der Waals surface area (Å²) in [6.07, 6.45) is 4.37. The van der Waals surface area contributed by atoms with Crippen molar-refractivity contribution in [2.45, 2.75) is 25.3 Å². The van der Waals surface area contributed by atoms with Crippen molar-refractivity contribution in [3.05, 3.63) is 51.5 Å². The van der Waals surface area contributed by atoms with Crippen molar-refractivity contribution in [1.29, 1.82) is 0 Å². The summed E-state index contributed by atoms with van der Waals surface area (Å²) in [5.74, 6) is -1.40. The van der Waals surface area contributed by atoms with Crippen LogP contribution in [0.3, 0.4) is 0 Å². The van der Waals surface area contributed by atoms with Gasteiger partial charge in [-0.05, 0) is 48.4 Å². The Labute approximate surface area is 125 Å². The Bertz CT molecular complexity index is 696. The average Bonchev–Trinajstić information content (AvgIpc) is 2.97. The number of rotatable bonds is 3. The zero-order valence-corrected chi connectivity index (χ0v) is 12.0. The highest BCUT2D eigenvalue weighted by Crippen LogP contribution is 2.33. The fourth-order valence-electron chi connectivity index (χ4n) is 2.57. The number of hydrogen-bond donors (Lipinski definition) is 2. The number of thiophene rings is 1. The molecule has 1 aliphatic carbocycles. The molecular weight excluding hydrogens is 288 g/mol. The highest BCUT2D eigenvalue weighted by atomic mass is 32.1. The van der Waals surface area contributed by atoms with Gasteiger partial charge in [0.05, 0.1) is 6.04 Å². The van der Waals surface area contributed by atoms with Crippen LogP contribution in [0.5, 0.6) is 0 Å². The second kappa shape index (κ2) is 5.65. The van der Waals surface area contributed by atoms with Gasteiger partial charge in [0.1, 0.15) is 5.69 Å². The SMILES string of the molecule is O=C(NC1CCCc2sccc21)c1ccnc(C(=O)O)c1. The molecule has 1 unspecified atom stereocenters. The van der Waals surface area contributed by atoms with Gasteiger partial charge in [-0.25, -0.2) is 9.78 Å². The van der Waals surface area contributed by atoms with Gasteiger partial charge in [-0.15, -0.1) is 11.3 Å². The van der Waals surface area contributed by atoms with Crippen LogP contribution in [0.4, 0.5) is 0 Å². The van der Waals surface area contributed by atoms with E-state index in [1.807, 2.05) is 5.38 Å². The number of aryl methyl sites for hydroxylation is 1. The summed E-state index contributed by atoms with van der Waals surface area (Å²) in [5, 5.41) is 14.0. The van der Waals surface area contributed by atoms with Crippen molar-refractivity contribution < 1.29 is 14.7 Å². The summed E-state index contributed by atoms with van der Waals surface area (Å²) < 4.78 is 0. The highest BCUT2D eigenvalue weighted by molar-refractivity contribution is 7.10. The number of aromatic carboxylic acids is 1. The standard InChI is InChI=1S/C15H14N2O3S/c18-14(9-4-6-16-12(8-9)15(19)20)17-11-2-1-3-13-10(11)5-7-21-13/h4-8,11H,1-3H2,(H,17,18)(H,19,20). The number of carboxylic acid groups (broad SMARTS) is 1. The van der Waals surface area contributed by atoms with Gasteiger partial charge in [-0.1, -0.05) is 0 Å². The molecule has 6 heteroatoms. The molecule has 0 aromatic carbocycles. The monoisotopic (exact) mass is 302 g/mol. The molecule has 3 rings (SSSR count). The minimum atomic E-state index is -1.14. The summed E-state index contributed by atoms with van der Waals surface area (Å²) in [7, 11) is 0. The zero-order valence-electron chi connectivity index (χ0n) is 11.2. The van der Waals surface area contributed by atoms with Crippen molar-refractivity contribution in [2.24, 2.45) is 0 Å². The largest absolute Gasteiger partial charge is 0.477 e. The molecule has 0 saturated carbocycles. The molecular formula is C15H14N2O3S. The number of aromatic nitrogens is 1. The Balaban J connectivity index is 1.79. The van der Waals surface area contributed by atoms with Crippen molar-refractivity contribution >= 4 is 23.2 Å². The van der Waals surface area contributed by atoms with Gasteiger partial charge in [-0.3, -0.25) is 4.79 Å². The maximum atomic E-state index is 12.3. The average molecular weight is 302 g/mol. The van der Waals surface area contributed by atoms with E-state index in [1.165, 1.54) is 28.8 Å². The van der Waals surface area contributed by atoms with Gasteiger partial charge in [0.2, 0.25) is 0 Å². The predicted octanol–water partition coefficient (Wildman–Crippen LogP) is 2.65. The lowest BCUT2D eigenvalue weighted by Crippen LogP contribution is -2.30. The smallest absolute Gasteiger partial charge is 0.354 e. The lowest BCUT2D eigenvalue weighted by atomic mass is 9.94. The lowest BCUT2D eigenvalue weighted by Gasteiger charge is -2.23. The molecule has 0 aliphatic heterocycles. The van der Waals surface area contributed by atoms with Crippen LogP contribution in [0.1, 0.15) is 50.2 Å². The van der Waals surface area contributed by atoms with Gasteiger partial charge in [0, 0.05) is 16.6 Å². The summed E-state index contributed by atoms with van der Waals surface area (Å²) in [5.41, 5.74) is 1.39. The summed E-state index contributed by atoms with van der Waals surface area (Å²) >= 11 is 1.72. The topological polar surface area (TPSA) is 79.3 Å². The minimum absolute atomic E-state index is 0.00828. The fraction of sp³-hybridized carbons (Fsp3) is 0.267. The Morgan fingerprint density at radius 3 is 3.05 bits per heavy atom. The van der Waals surface area contributed by atoms with Gasteiger partial charge in [0.25, 0.3) is 5.91 Å². The van der Waals surface area contributed by atoms with Gasteiger partial charge < -0.3 is 10.4 Å². The summed E-state index contributed by atoms with van der Waals surface area (Å²) in [4.78, 5) is 28.2. The Hall–Kier alpha value is -2.21. The highest BCUT2D eigenvalue weighted by Gasteiger charge is 2.23. The molecule has 0 fully saturated rings. The molecule has 2 aromatic heterocycles. The van der Waals surface area contributed by atoms with Crippen LogP contribution in [0.2, 0.25) is 0 Å². The summed E-state index contributed by atoms with van der Waals surface area (Å²) in [6, 6.07) is 4.89. The Morgan fingerprint density at radius 2 is 2.24 bits per heavy atom. The second-order valence-electron chi connectivity index (χ2n) is 4.95. The maximum absolute atomic E-state index is 12.3. The normalized spacial score (nSPS) is 17.0. The van der Waals surface area contributed by atoms with E-state index >= 15 is 0 Å². The fourth-order valence-corrected chi connectivity index (χ4v) is 3.55. The van der Waals surface area contributed by atoms with Crippen molar-refractivity contribution in [3.8, 4) is 0 Å². The minimum Gasteiger partial charge on any atom is -0.477 e. The third kappa shape index (κ3) is 2.80. The molecule has 5 nitrogen and oxygen atoms in total. The third-order valence-electron chi connectivity index (χ3n) is 3.60. The van der Waals surface area contributed by atoms with E-state index in [0.717, 1.165) is 19.3 Å². The van der Waals surface area contributed by atoms with Crippen LogP contribution < -0.4 is 5.32 Å². The van der Waals surface area contributed by atoms with Crippen LogP contribution >= 0.6 is 11.3 Å². The molecule has 108 valence electrons. The molecule has 1 amide bonds. The predicted molar refractivity (Wildman–Crippen MR) is 78.7 cm³/mol. The molecule has 0 radical (unpaired) electrons. The van der Waals surface area contributed by atoms with E-state index in [0.29, 0.717) is 5.56 Å². The number of hydrogen-bond acceptors (Lipinski definition) is 4. The second-order valence-corrected chi connectivity index (χ2v) is 5.95. The summed E-state index contributed by atoms with van der Waals surface area (Å²) in [6.45, 7) is 0. The Morgan fingerprint density at radius 1 is 1.38 bits per heavy atom. The van der Waals surface area contributed by atoms with Crippen molar-refractivity contribution in [2.75, 3.05) is 0 Å².